The molecular formula is C29H50B6N9O8. The summed E-state index contributed by atoms with van der Waals surface area (Å²) in [6.45, 7) is 3.27. The second-order valence-electron chi connectivity index (χ2n) is 11.7. The van der Waals surface area contributed by atoms with Crippen molar-refractivity contribution in [1.82, 2.24) is 46.2 Å². The molecule has 0 bridgehead atoms. The lowest BCUT2D eigenvalue weighted by molar-refractivity contribution is -0.136. The highest BCUT2D eigenvalue weighted by Gasteiger charge is 2.20. The molecular weight excluding hydrogens is 667 g/mol. The Balaban J connectivity index is 4.75. The number of amides is 7. The Kier molecular flexibility index (Phi) is 26.7. The summed E-state index contributed by atoms with van der Waals surface area (Å²) >= 11 is 0. The summed E-state index contributed by atoms with van der Waals surface area (Å²) in [5, 5.41) is 14.0. The van der Waals surface area contributed by atoms with Crippen molar-refractivity contribution in [2.75, 3.05) is 98.7 Å². The third kappa shape index (κ3) is 23.0. The van der Waals surface area contributed by atoms with Gasteiger partial charge >= 0.3 is 0 Å². The molecule has 0 atom stereocenters. The molecule has 9 radical (unpaired) electrons. The van der Waals surface area contributed by atoms with E-state index in [0.29, 0.717) is 26.2 Å². The van der Waals surface area contributed by atoms with Crippen LogP contribution in [0, 0.1) is 0 Å². The second-order valence-corrected chi connectivity index (χ2v) is 11.7. The van der Waals surface area contributed by atoms with Crippen molar-refractivity contribution in [1.29, 1.82) is 0 Å². The van der Waals surface area contributed by atoms with Crippen LogP contribution in [-0.4, -0.2) is 210 Å². The minimum Gasteiger partial charge on any atom is -0.353 e. The van der Waals surface area contributed by atoms with Crippen LogP contribution in [0.5, 0.6) is 0 Å². The van der Waals surface area contributed by atoms with Gasteiger partial charge in [-0.2, -0.15) is 0 Å². The highest BCUT2D eigenvalue weighted by molar-refractivity contribution is 7.30. The molecule has 7 amide bonds. The van der Waals surface area contributed by atoms with Crippen molar-refractivity contribution >= 4 is 91.9 Å². The molecule has 17 nitrogen and oxygen atoms in total. The van der Waals surface area contributed by atoms with E-state index >= 15 is 0 Å². The first kappa shape index (κ1) is 48.3. The molecule has 0 aliphatic carbocycles. The van der Waals surface area contributed by atoms with Gasteiger partial charge in [0.2, 0.25) is 41.4 Å². The van der Waals surface area contributed by atoms with Gasteiger partial charge in [-0.05, 0) is 32.9 Å². The largest absolute Gasteiger partial charge is 0.353 e. The molecule has 0 aromatic rings. The maximum Gasteiger partial charge on any atom is 0.239 e. The van der Waals surface area contributed by atoms with Gasteiger partial charge in [-0.1, -0.05) is 6.92 Å². The van der Waals surface area contributed by atoms with E-state index in [2.05, 4.69) is 26.6 Å². The number of ketones is 1. The van der Waals surface area contributed by atoms with Crippen LogP contribution >= 0.6 is 0 Å². The van der Waals surface area contributed by atoms with Gasteiger partial charge in [-0.25, -0.2) is 0 Å². The fraction of sp³-hybridized carbons (Fsp3) is 0.724. The highest BCUT2D eigenvalue weighted by Crippen LogP contribution is 1.99. The molecule has 0 aromatic carbocycles. The van der Waals surface area contributed by atoms with Gasteiger partial charge in [0.25, 0.3) is 0 Å². The van der Waals surface area contributed by atoms with Crippen LogP contribution in [0.1, 0.15) is 20.3 Å². The van der Waals surface area contributed by atoms with Gasteiger partial charge in [-0.15, -0.1) is 0 Å². The molecule has 0 heterocycles. The first-order chi connectivity index (χ1) is 24.7. The van der Waals surface area contributed by atoms with E-state index in [1.807, 2.05) is 0 Å². The Bertz CT molecular complexity index is 1170. The highest BCUT2D eigenvalue weighted by atomic mass is 16.2. The Morgan fingerprint density at radius 2 is 1.08 bits per heavy atom. The Labute approximate surface area is 313 Å². The third-order valence-electron chi connectivity index (χ3n) is 7.23. The number of hydrogen-bond donors (Lipinski definition) is 5. The van der Waals surface area contributed by atoms with Crippen molar-refractivity contribution in [3.8, 4) is 0 Å². The quantitative estimate of drug-likeness (QED) is 0.0366. The van der Waals surface area contributed by atoms with Crippen LogP contribution in [0.15, 0.2) is 0 Å². The van der Waals surface area contributed by atoms with Crippen LogP contribution in [-0.2, 0) is 38.4 Å². The third-order valence-corrected chi connectivity index (χ3v) is 7.23. The molecule has 0 aliphatic rings. The molecule has 0 rings (SSSR count). The van der Waals surface area contributed by atoms with E-state index in [-0.39, 0.29) is 108 Å². The van der Waals surface area contributed by atoms with Crippen molar-refractivity contribution in [3.63, 3.8) is 0 Å². The number of carbonyl (C=O) groups excluding carboxylic acids is 8. The molecule has 0 fully saturated rings. The predicted molar refractivity (Wildman–Crippen MR) is 202 cm³/mol. The van der Waals surface area contributed by atoms with Crippen molar-refractivity contribution in [3.05, 3.63) is 0 Å². The zero-order chi connectivity index (χ0) is 39.5. The van der Waals surface area contributed by atoms with E-state index < -0.39 is 36.0 Å². The number of nitrogens with one attached hydrogen (secondary N) is 5. The molecule has 0 aromatic heterocycles. The molecule has 0 saturated heterocycles. The maximum absolute atomic E-state index is 12.6. The van der Waals surface area contributed by atoms with Crippen LogP contribution in [0.25, 0.3) is 0 Å². The van der Waals surface area contributed by atoms with Gasteiger partial charge in [0.15, 0.2) is 0 Å². The number of likely N-dealkylation sites (N-methyl/N-ethyl adjacent to an activating group) is 1. The van der Waals surface area contributed by atoms with E-state index in [1.54, 1.807) is 14.0 Å². The fourth-order valence-electron chi connectivity index (χ4n) is 4.57. The monoisotopic (exact) mass is 718 g/mol. The van der Waals surface area contributed by atoms with Crippen LogP contribution in [0.3, 0.4) is 0 Å². The SMILES string of the molecule is [B][B]CC(=O)N(CCNC(=O)CN(CCNC)C(=O)C[B])CC(=O)NCCNCCN(CC(=O)NCCN(CC(C)=O)C(=O)CB([B])[B])C(=O)CC. The smallest absolute Gasteiger partial charge is 0.239 e. The summed E-state index contributed by atoms with van der Waals surface area (Å²) in [5.74, 6) is -3.03. The second kappa shape index (κ2) is 28.8. The number of carbonyl (C=O) groups is 8. The van der Waals surface area contributed by atoms with E-state index in [0.717, 1.165) is 7.17 Å². The minimum atomic E-state index is -0.873. The van der Waals surface area contributed by atoms with Gasteiger partial charge in [0, 0.05) is 95.1 Å². The zero-order valence-corrected chi connectivity index (χ0v) is 30.7. The number of nitrogens with zero attached hydrogens (tertiary/aromatic N) is 4. The Morgan fingerprint density at radius 3 is 1.54 bits per heavy atom. The summed E-state index contributed by atoms with van der Waals surface area (Å²) < 4.78 is 0. The normalized spacial score (nSPS) is 10.4. The summed E-state index contributed by atoms with van der Waals surface area (Å²) in [4.78, 5) is 104. The molecule has 0 aliphatic heterocycles. The van der Waals surface area contributed by atoms with E-state index in [9.17, 15) is 38.4 Å². The topological polar surface area (TPSA) is 210 Å². The zero-order valence-electron chi connectivity index (χ0n) is 30.7. The summed E-state index contributed by atoms with van der Waals surface area (Å²) in [7, 11) is 24.7. The van der Waals surface area contributed by atoms with Gasteiger partial charge in [0.1, 0.15) is 5.78 Å². The van der Waals surface area contributed by atoms with Crippen molar-refractivity contribution < 1.29 is 38.4 Å². The molecule has 277 valence electrons. The first-order valence-corrected chi connectivity index (χ1v) is 17.2. The Morgan fingerprint density at radius 1 is 0.615 bits per heavy atom. The number of hydrogen-bond acceptors (Lipinski definition) is 10. The summed E-state index contributed by atoms with van der Waals surface area (Å²) in [6, 6.07) is 0. The average Bonchev–Trinajstić information content (AvgIpc) is 3.08. The van der Waals surface area contributed by atoms with E-state index in [1.165, 1.54) is 26.5 Å². The maximum atomic E-state index is 12.6. The Hall–Kier alpha value is -3.73. The van der Waals surface area contributed by atoms with Crippen molar-refractivity contribution in [2.45, 2.75) is 39.2 Å². The summed E-state index contributed by atoms with van der Waals surface area (Å²) in [5.41, 5.74) is 0. The lowest BCUT2D eigenvalue weighted by atomic mass is 9.18. The first-order valence-electron chi connectivity index (χ1n) is 17.2. The molecule has 5 N–H and O–H groups in total. The van der Waals surface area contributed by atoms with Crippen LogP contribution in [0.4, 0.5) is 0 Å². The van der Waals surface area contributed by atoms with Gasteiger partial charge in [-0.3, -0.25) is 38.4 Å². The molecule has 23 heteroatoms. The number of rotatable bonds is 29. The van der Waals surface area contributed by atoms with Crippen LogP contribution in [0.2, 0.25) is 19.0 Å². The molecule has 0 saturated carbocycles. The minimum absolute atomic E-state index is 0.0259. The number of Topliss-reactive ketones (excluding diaryl/α,β-unsaturated/α-hetero) is 1. The van der Waals surface area contributed by atoms with Crippen molar-refractivity contribution in [2.24, 2.45) is 0 Å². The summed E-state index contributed by atoms with van der Waals surface area (Å²) in [6.07, 6.45) is -0.326. The predicted octanol–water partition coefficient (Wildman–Crippen LogP) is -5.92. The average molecular weight is 718 g/mol. The van der Waals surface area contributed by atoms with E-state index in [4.69, 9.17) is 31.1 Å². The molecule has 52 heavy (non-hydrogen) atoms. The molecule has 0 spiro atoms. The van der Waals surface area contributed by atoms with Gasteiger partial charge < -0.3 is 46.2 Å². The fourth-order valence-corrected chi connectivity index (χ4v) is 4.57. The standard InChI is InChI=1S/C29H50B6N9O8/c1-4-26(49)42(19-24(47)39-9-13-41(18-22(2)45)29(52)17-35(32)33)12-8-37-5-6-38-23(46)21-44(28(51)16-34-31)14-10-40-25(48)20-43(11-7-36-3)27(50)15-30/h36-37H,4-21H2,1-3H3,(H,38,46)(H,39,47)(H,40,48). The lowest BCUT2D eigenvalue weighted by Crippen LogP contribution is -2.47. The lowest BCUT2D eigenvalue weighted by Gasteiger charge is -2.24. The molecule has 0 unspecified atom stereocenters. The van der Waals surface area contributed by atoms with Crippen LogP contribution < -0.4 is 26.6 Å². The van der Waals surface area contributed by atoms with Gasteiger partial charge in [0.05, 0.1) is 47.7 Å².